The molecule has 0 bridgehead atoms. The number of carbonyl (C=O) groups is 2. The minimum absolute atomic E-state index is 0.166. The van der Waals surface area contributed by atoms with Crippen molar-refractivity contribution in [2.75, 3.05) is 6.54 Å². The largest absolute Gasteiger partial charge is 0.478 e. The van der Waals surface area contributed by atoms with Crippen LogP contribution in [0.15, 0.2) is 48.8 Å². The molecular formula is C15H14N2O3. The van der Waals surface area contributed by atoms with Gasteiger partial charge in [0.15, 0.2) is 0 Å². The number of nitrogens with zero attached hydrogens (tertiary/aromatic N) is 1. The number of rotatable bonds is 5. The van der Waals surface area contributed by atoms with Crippen LogP contribution in [0.4, 0.5) is 0 Å². The topological polar surface area (TPSA) is 79.3 Å². The average Bonchev–Trinajstić information content (AvgIpc) is 2.48. The molecular weight excluding hydrogens is 256 g/mol. The Labute approximate surface area is 116 Å². The van der Waals surface area contributed by atoms with Crippen molar-refractivity contribution in [2.24, 2.45) is 0 Å². The Morgan fingerprint density at radius 2 is 1.85 bits per heavy atom. The van der Waals surface area contributed by atoms with Crippen molar-refractivity contribution in [3.05, 3.63) is 65.5 Å². The van der Waals surface area contributed by atoms with Crippen molar-refractivity contribution in [2.45, 2.75) is 6.42 Å². The van der Waals surface area contributed by atoms with Crippen molar-refractivity contribution in [1.29, 1.82) is 0 Å². The van der Waals surface area contributed by atoms with E-state index in [1.807, 2.05) is 0 Å². The highest BCUT2D eigenvalue weighted by atomic mass is 16.4. The molecule has 0 radical (unpaired) electrons. The van der Waals surface area contributed by atoms with E-state index < -0.39 is 5.97 Å². The van der Waals surface area contributed by atoms with E-state index in [-0.39, 0.29) is 11.5 Å². The number of benzene rings is 1. The molecule has 2 aromatic rings. The molecule has 20 heavy (non-hydrogen) atoms. The fraction of sp³-hybridized carbons (Fsp3) is 0.133. The van der Waals surface area contributed by atoms with E-state index in [4.69, 9.17) is 5.11 Å². The Hall–Kier alpha value is -2.69. The molecule has 5 heteroatoms. The summed E-state index contributed by atoms with van der Waals surface area (Å²) in [6, 6.07) is 10.0. The van der Waals surface area contributed by atoms with Crippen LogP contribution in [0.1, 0.15) is 26.3 Å². The van der Waals surface area contributed by atoms with E-state index in [1.54, 1.807) is 42.6 Å². The number of carboxylic acids is 1. The predicted octanol–water partition coefficient (Wildman–Crippen LogP) is 1.75. The van der Waals surface area contributed by atoms with Crippen LogP contribution in [-0.2, 0) is 6.42 Å². The maximum atomic E-state index is 11.7. The van der Waals surface area contributed by atoms with Gasteiger partial charge in [-0.25, -0.2) is 4.79 Å². The van der Waals surface area contributed by atoms with Gasteiger partial charge in [0, 0.05) is 18.9 Å². The molecule has 0 saturated heterocycles. The third-order valence-corrected chi connectivity index (χ3v) is 2.82. The van der Waals surface area contributed by atoms with Crippen LogP contribution in [0, 0.1) is 0 Å². The van der Waals surface area contributed by atoms with Crippen molar-refractivity contribution >= 4 is 11.9 Å². The Kier molecular flexibility index (Phi) is 4.44. The fourth-order valence-corrected chi connectivity index (χ4v) is 1.73. The zero-order valence-electron chi connectivity index (χ0n) is 10.7. The number of amides is 1. The molecule has 1 heterocycles. The van der Waals surface area contributed by atoms with Crippen molar-refractivity contribution in [1.82, 2.24) is 10.3 Å². The number of aromatic nitrogens is 1. The molecule has 2 N–H and O–H groups in total. The summed E-state index contributed by atoms with van der Waals surface area (Å²) in [6.07, 6.45) is 3.77. The summed E-state index contributed by atoms with van der Waals surface area (Å²) in [4.78, 5) is 26.3. The quantitative estimate of drug-likeness (QED) is 0.867. The molecule has 0 aliphatic rings. The average molecular weight is 270 g/mol. The van der Waals surface area contributed by atoms with Crippen LogP contribution in [-0.4, -0.2) is 28.5 Å². The van der Waals surface area contributed by atoms with Crippen LogP contribution < -0.4 is 5.32 Å². The van der Waals surface area contributed by atoms with Crippen LogP contribution >= 0.6 is 0 Å². The van der Waals surface area contributed by atoms with Gasteiger partial charge in [-0.15, -0.1) is 0 Å². The molecule has 1 amide bonds. The van der Waals surface area contributed by atoms with E-state index in [2.05, 4.69) is 10.3 Å². The lowest BCUT2D eigenvalue weighted by Crippen LogP contribution is -2.25. The zero-order valence-corrected chi connectivity index (χ0v) is 10.7. The lowest BCUT2D eigenvalue weighted by molar-refractivity contribution is 0.0696. The summed E-state index contributed by atoms with van der Waals surface area (Å²) in [6.45, 7) is 0.486. The summed E-state index contributed by atoms with van der Waals surface area (Å²) >= 11 is 0. The third kappa shape index (κ3) is 3.65. The van der Waals surface area contributed by atoms with Gasteiger partial charge in [0.05, 0.1) is 11.1 Å². The maximum Gasteiger partial charge on any atom is 0.335 e. The van der Waals surface area contributed by atoms with Gasteiger partial charge in [0.2, 0.25) is 0 Å². The standard InChI is InChI=1S/C15H14N2O3/c18-14(13-2-1-8-16-10-13)17-9-7-11-3-5-12(6-4-11)15(19)20/h1-6,8,10H,7,9H2,(H,17,18)(H,19,20). The summed E-state index contributed by atoms with van der Waals surface area (Å²) in [7, 11) is 0. The van der Waals surface area contributed by atoms with E-state index >= 15 is 0 Å². The third-order valence-electron chi connectivity index (χ3n) is 2.82. The van der Waals surface area contributed by atoms with Crippen molar-refractivity contribution in [3.8, 4) is 0 Å². The van der Waals surface area contributed by atoms with Gasteiger partial charge < -0.3 is 10.4 Å². The van der Waals surface area contributed by atoms with E-state index in [0.717, 1.165) is 5.56 Å². The molecule has 5 nitrogen and oxygen atoms in total. The summed E-state index contributed by atoms with van der Waals surface area (Å²) in [5, 5.41) is 11.6. The van der Waals surface area contributed by atoms with Gasteiger partial charge in [-0.2, -0.15) is 0 Å². The van der Waals surface area contributed by atoms with Gasteiger partial charge in [-0.1, -0.05) is 12.1 Å². The predicted molar refractivity (Wildman–Crippen MR) is 73.7 cm³/mol. The van der Waals surface area contributed by atoms with Gasteiger partial charge in [0.1, 0.15) is 0 Å². The Balaban J connectivity index is 1.84. The lowest BCUT2D eigenvalue weighted by Gasteiger charge is -2.05. The second kappa shape index (κ2) is 6.47. The number of pyridine rings is 1. The van der Waals surface area contributed by atoms with Crippen LogP contribution in [0.3, 0.4) is 0 Å². The molecule has 0 aliphatic heterocycles. The van der Waals surface area contributed by atoms with Crippen LogP contribution in [0.2, 0.25) is 0 Å². The first-order valence-electron chi connectivity index (χ1n) is 6.17. The highest BCUT2D eigenvalue weighted by molar-refractivity contribution is 5.93. The van der Waals surface area contributed by atoms with Crippen LogP contribution in [0.25, 0.3) is 0 Å². The zero-order chi connectivity index (χ0) is 14.4. The van der Waals surface area contributed by atoms with Gasteiger partial charge in [-0.3, -0.25) is 9.78 Å². The van der Waals surface area contributed by atoms with Gasteiger partial charge >= 0.3 is 5.97 Å². The summed E-state index contributed by atoms with van der Waals surface area (Å²) in [5.41, 5.74) is 1.75. The number of hydrogen-bond donors (Lipinski definition) is 2. The second-order valence-electron chi connectivity index (χ2n) is 4.25. The minimum atomic E-state index is -0.943. The monoisotopic (exact) mass is 270 g/mol. The molecule has 1 aromatic heterocycles. The normalized spacial score (nSPS) is 10.0. The molecule has 0 unspecified atom stereocenters. The Bertz CT molecular complexity index is 594. The number of aromatic carboxylic acids is 1. The fourth-order valence-electron chi connectivity index (χ4n) is 1.73. The van der Waals surface area contributed by atoms with Gasteiger partial charge in [0.25, 0.3) is 5.91 Å². The summed E-state index contributed by atoms with van der Waals surface area (Å²) < 4.78 is 0. The molecule has 0 spiro atoms. The lowest BCUT2D eigenvalue weighted by atomic mass is 10.1. The maximum absolute atomic E-state index is 11.7. The van der Waals surface area contributed by atoms with Crippen molar-refractivity contribution in [3.63, 3.8) is 0 Å². The molecule has 102 valence electrons. The molecule has 0 atom stereocenters. The Morgan fingerprint density at radius 1 is 1.10 bits per heavy atom. The summed E-state index contributed by atoms with van der Waals surface area (Å²) in [5.74, 6) is -1.11. The van der Waals surface area contributed by atoms with E-state index in [0.29, 0.717) is 18.5 Å². The molecule has 0 aliphatic carbocycles. The van der Waals surface area contributed by atoms with E-state index in [1.165, 1.54) is 6.20 Å². The first-order chi connectivity index (χ1) is 9.66. The SMILES string of the molecule is O=C(O)c1ccc(CCNC(=O)c2cccnc2)cc1. The molecule has 0 saturated carbocycles. The second-order valence-corrected chi connectivity index (χ2v) is 4.25. The molecule has 1 aromatic carbocycles. The number of carboxylic acid groups (broad SMARTS) is 1. The first kappa shape index (κ1) is 13.7. The number of carbonyl (C=O) groups excluding carboxylic acids is 1. The molecule has 2 rings (SSSR count). The molecule has 0 fully saturated rings. The number of nitrogens with one attached hydrogen (secondary N) is 1. The smallest absolute Gasteiger partial charge is 0.335 e. The highest BCUT2D eigenvalue weighted by Crippen LogP contribution is 2.05. The minimum Gasteiger partial charge on any atom is -0.478 e. The van der Waals surface area contributed by atoms with E-state index in [9.17, 15) is 9.59 Å². The van der Waals surface area contributed by atoms with Crippen LogP contribution in [0.5, 0.6) is 0 Å². The highest BCUT2D eigenvalue weighted by Gasteiger charge is 2.05. The first-order valence-corrected chi connectivity index (χ1v) is 6.17. The Morgan fingerprint density at radius 3 is 2.45 bits per heavy atom. The number of hydrogen-bond acceptors (Lipinski definition) is 3. The van der Waals surface area contributed by atoms with Crippen molar-refractivity contribution < 1.29 is 14.7 Å². The van der Waals surface area contributed by atoms with Gasteiger partial charge in [-0.05, 0) is 36.2 Å².